The van der Waals surface area contributed by atoms with Gasteiger partial charge in [0.15, 0.2) is 5.16 Å². The summed E-state index contributed by atoms with van der Waals surface area (Å²) in [6, 6.07) is 15.2. The molecule has 0 saturated carbocycles. The molecule has 2 aromatic carbocycles. The number of amides is 1. The third-order valence-electron chi connectivity index (χ3n) is 4.42. The maximum absolute atomic E-state index is 13.2. The standard InChI is InChI=1S/C21H23N3O2S/c1-5-15-10-12-16(13-11-15)24-20(26)17-8-6-7-9-18(17)22-21(24)27-14(2)19(25)23(3)4/h6-14H,5H2,1-4H3/t14-/m0/s1. The van der Waals surface area contributed by atoms with Gasteiger partial charge in [0.1, 0.15) is 0 Å². The second-order valence-corrected chi connectivity index (χ2v) is 7.87. The molecule has 1 aromatic heterocycles. The number of carbonyl (C=O) groups excluding carboxylic acids is 1. The number of hydrogen-bond donors (Lipinski definition) is 0. The molecule has 1 atom stereocenters. The molecule has 0 aliphatic heterocycles. The highest BCUT2D eigenvalue weighted by Crippen LogP contribution is 2.26. The van der Waals surface area contributed by atoms with Gasteiger partial charge in [-0.15, -0.1) is 0 Å². The smallest absolute Gasteiger partial charge is 0.266 e. The molecule has 0 fully saturated rings. The van der Waals surface area contributed by atoms with Gasteiger partial charge in [-0.2, -0.15) is 0 Å². The highest BCUT2D eigenvalue weighted by atomic mass is 32.2. The highest BCUT2D eigenvalue weighted by Gasteiger charge is 2.21. The summed E-state index contributed by atoms with van der Waals surface area (Å²) in [6.45, 7) is 3.92. The molecule has 0 spiro atoms. The first-order valence-electron chi connectivity index (χ1n) is 8.91. The number of rotatable bonds is 5. The Kier molecular flexibility index (Phi) is 5.65. The van der Waals surface area contributed by atoms with Crippen LogP contribution >= 0.6 is 11.8 Å². The molecule has 3 rings (SSSR count). The predicted octanol–water partition coefficient (Wildman–Crippen LogP) is 3.52. The zero-order chi connectivity index (χ0) is 19.6. The molecule has 0 unspecified atom stereocenters. The molecular formula is C21H23N3O2S. The fourth-order valence-electron chi connectivity index (χ4n) is 2.87. The first kappa shape index (κ1) is 19.2. The molecule has 140 valence electrons. The largest absolute Gasteiger partial charge is 0.348 e. The van der Waals surface area contributed by atoms with E-state index in [1.54, 1.807) is 29.6 Å². The van der Waals surface area contributed by atoms with Gasteiger partial charge in [0.05, 0.1) is 21.8 Å². The lowest BCUT2D eigenvalue weighted by Gasteiger charge is -2.19. The van der Waals surface area contributed by atoms with Gasteiger partial charge in [-0.05, 0) is 43.2 Å². The third kappa shape index (κ3) is 3.90. The van der Waals surface area contributed by atoms with Crippen LogP contribution in [0.15, 0.2) is 58.5 Å². The molecule has 0 radical (unpaired) electrons. The number of thioether (sulfide) groups is 1. The van der Waals surface area contributed by atoms with E-state index in [1.165, 1.54) is 17.3 Å². The lowest BCUT2D eigenvalue weighted by molar-refractivity contribution is -0.127. The van der Waals surface area contributed by atoms with Crippen LogP contribution in [0.3, 0.4) is 0 Å². The number of aryl methyl sites for hydroxylation is 1. The van der Waals surface area contributed by atoms with E-state index >= 15 is 0 Å². The maximum Gasteiger partial charge on any atom is 0.266 e. The molecule has 0 saturated heterocycles. The van der Waals surface area contributed by atoms with Crippen LogP contribution in [0, 0.1) is 0 Å². The average molecular weight is 382 g/mol. The molecule has 0 aliphatic rings. The number of para-hydroxylation sites is 1. The summed E-state index contributed by atoms with van der Waals surface area (Å²) in [5, 5.41) is 0.730. The molecule has 5 nitrogen and oxygen atoms in total. The SMILES string of the molecule is CCc1ccc(-n2c(S[C@@H](C)C(=O)N(C)C)nc3ccccc3c2=O)cc1. The molecule has 0 bridgehead atoms. The fourth-order valence-corrected chi connectivity index (χ4v) is 3.94. The average Bonchev–Trinajstić information content (AvgIpc) is 2.67. The van der Waals surface area contributed by atoms with Crippen molar-refractivity contribution in [2.75, 3.05) is 14.1 Å². The van der Waals surface area contributed by atoms with Crippen molar-refractivity contribution < 1.29 is 4.79 Å². The van der Waals surface area contributed by atoms with Gasteiger partial charge in [-0.1, -0.05) is 43.0 Å². The van der Waals surface area contributed by atoms with Gasteiger partial charge in [0, 0.05) is 14.1 Å². The van der Waals surface area contributed by atoms with E-state index < -0.39 is 0 Å². The van der Waals surface area contributed by atoms with Gasteiger partial charge >= 0.3 is 0 Å². The topological polar surface area (TPSA) is 55.2 Å². The molecule has 0 N–H and O–H groups in total. The first-order valence-corrected chi connectivity index (χ1v) is 9.79. The zero-order valence-corrected chi connectivity index (χ0v) is 16.8. The van der Waals surface area contributed by atoms with Crippen molar-refractivity contribution in [3.8, 4) is 5.69 Å². The predicted molar refractivity (Wildman–Crippen MR) is 111 cm³/mol. The third-order valence-corrected chi connectivity index (χ3v) is 5.46. The summed E-state index contributed by atoms with van der Waals surface area (Å²) >= 11 is 1.30. The van der Waals surface area contributed by atoms with Crippen molar-refractivity contribution in [1.82, 2.24) is 14.5 Å². The first-order chi connectivity index (χ1) is 12.9. The Labute approximate surface area is 163 Å². The van der Waals surface area contributed by atoms with Crippen molar-refractivity contribution in [2.24, 2.45) is 0 Å². The number of fused-ring (bicyclic) bond motifs is 1. The Hall–Kier alpha value is -2.60. The molecule has 0 aliphatic carbocycles. The summed E-state index contributed by atoms with van der Waals surface area (Å²) in [4.78, 5) is 31.8. The van der Waals surface area contributed by atoms with E-state index in [1.807, 2.05) is 49.4 Å². The molecule has 3 aromatic rings. The number of carbonyl (C=O) groups is 1. The van der Waals surface area contributed by atoms with Crippen molar-refractivity contribution in [3.05, 3.63) is 64.4 Å². The van der Waals surface area contributed by atoms with E-state index in [-0.39, 0.29) is 16.7 Å². The van der Waals surface area contributed by atoms with Crippen LogP contribution in [0.25, 0.3) is 16.6 Å². The Morgan fingerprint density at radius 1 is 1.15 bits per heavy atom. The minimum Gasteiger partial charge on any atom is -0.348 e. The summed E-state index contributed by atoms with van der Waals surface area (Å²) < 4.78 is 1.60. The van der Waals surface area contributed by atoms with E-state index in [2.05, 4.69) is 6.92 Å². The molecule has 27 heavy (non-hydrogen) atoms. The maximum atomic E-state index is 13.2. The molecule has 1 heterocycles. The van der Waals surface area contributed by atoms with E-state index in [0.29, 0.717) is 16.1 Å². The normalized spacial score (nSPS) is 12.1. The molecular weight excluding hydrogens is 358 g/mol. The van der Waals surface area contributed by atoms with Crippen LogP contribution < -0.4 is 5.56 Å². The van der Waals surface area contributed by atoms with Crippen LogP contribution in [0.4, 0.5) is 0 Å². The van der Waals surface area contributed by atoms with E-state index in [0.717, 1.165) is 12.1 Å². The number of benzene rings is 2. The van der Waals surface area contributed by atoms with Crippen molar-refractivity contribution in [1.29, 1.82) is 0 Å². The van der Waals surface area contributed by atoms with Crippen LogP contribution in [0.2, 0.25) is 0 Å². The zero-order valence-electron chi connectivity index (χ0n) is 16.0. The molecule has 6 heteroatoms. The summed E-state index contributed by atoms with van der Waals surface area (Å²) in [5.74, 6) is -0.0183. The number of aromatic nitrogens is 2. The van der Waals surface area contributed by atoms with Crippen molar-refractivity contribution >= 4 is 28.6 Å². The summed E-state index contributed by atoms with van der Waals surface area (Å²) in [7, 11) is 3.45. The van der Waals surface area contributed by atoms with Crippen LogP contribution in [0.5, 0.6) is 0 Å². The fraction of sp³-hybridized carbons (Fsp3) is 0.286. The Morgan fingerprint density at radius 3 is 2.44 bits per heavy atom. The van der Waals surface area contributed by atoms with E-state index in [4.69, 9.17) is 4.98 Å². The van der Waals surface area contributed by atoms with Gasteiger partial charge in [-0.25, -0.2) is 4.98 Å². The summed E-state index contributed by atoms with van der Waals surface area (Å²) in [5.41, 5.74) is 2.46. The van der Waals surface area contributed by atoms with Crippen LogP contribution in [-0.2, 0) is 11.2 Å². The second-order valence-electron chi connectivity index (χ2n) is 6.56. The van der Waals surface area contributed by atoms with Crippen LogP contribution in [-0.4, -0.2) is 39.7 Å². The monoisotopic (exact) mass is 381 g/mol. The van der Waals surface area contributed by atoms with Gasteiger partial charge in [-0.3, -0.25) is 14.2 Å². The Morgan fingerprint density at radius 2 is 1.81 bits per heavy atom. The Bertz CT molecular complexity index is 1030. The molecule has 1 amide bonds. The lowest BCUT2D eigenvalue weighted by Crippen LogP contribution is -2.31. The lowest BCUT2D eigenvalue weighted by atomic mass is 10.1. The highest BCUT2D eigenvalue weighted by molar-refractivity contribution is 8.00. The Balaban J connectivity index is 2.17. The minimum absolute atomic E-state index is 0.0183. The minimum atomic E-state index is -0.353. The summed E-state index contributed by atoms with van der Waals surface area (Å²) in [6.07, 6.45) is 0.932. The van der Waals surface area contributed by atoms with Gasteiger partial charge < -0.3 is 4.90 Å². The second kappa shape index (κ2) is 7.96. The van der Waals surface area contributed by atoms with Crippen molar-refractivity contribution in [2.45, 2.75) is 30.7 Å². The van der Waals surface area contributed by atoms with Crippen molar-refractivity contribution in [3.63, 3.8) is 0 Å². The quantitative estimate of drug-likeness (QED) is 0.501. The number of nitrogens with zero attached hydrogens (tertiary/aromatic N) is 3. The van der Waals surface area contributed by atoms with Gasteiger partial charge in [0.2, 0.25) is 5.91 Å². The number of hydrogen-bond acceptors (Lipinski definition) is 4. The van der Waals surface area contributed by atoms with Crippen LogP contribution in [0.1, 0.15) is 19.4 Å². The van der Waals surface area contributed by atoms with Gasteiger partial charge in [0.25, 0.3) is 5.56 Å². The van der Waals surface area contributed by atoms with E-state index in [9.17, 15) is 9.59 Å².